The summed E-state index contributed by atoms with van der Waals surface area (Å²) in [6, 6.07) is 15.0. The molecule has 2 aromatic carbocycles. The molecule has 0 atom stereocenters. The van der Waals surface area contributed by atoms with Crippen LogP contribution in [0, 0.1) is 0 Å². The molecule has 2 aromatic rings. The van der Waals surface area contributed by atoms with E-state index in [4.69, 9.17) is 0 Å². The van der Waals surface area contributed by atoms with Crippen LogP contribution in [0.15, 0.2) is 42.5 Å². The van der Waals surface area contributed by atoms with E-state index >= 15 is 0 Å². The first kappa shape index (κ1) is 8.34. The predicted octanol–water partition coefficient (Wildman–Crippen LogP) is 1.25. The van der Waals surface area contributed by atoms with Crippen molar-refractivity contribution in [3.63, 3.8) is 0 Å². The molecule has 0 unspecified atom stereocenters. The summed E-state index contributed by atoms with van der Waals surface area (Å²) in [4.78, 5) is 0. The fraction of sp³-hybridized carbons (Fsp3) is 0. The molecule has 0 saturated carbocycles. The summed E-state index contributed by atoms with van der Waals surface area (Å²) in [5.74, 6) is 0. The fourth-order valence-electron chi connectivity index (χ4n) is 1.27. The standard InChI is InChI=1S/C10H7Se2/c11-12-10-7-3-5-8-4-1-2-6-9(8)10/h1-7H. The third-order valence-electron chi connectivity index (χ3n) is 1.84. The van der Waals surface area contributed by atoms with E-state index in [2.05, 4.69) is 56.7 Å². The first-order valence-corrected chi connectivity index (χ1v) is 8.88. The fourth-order valence-corrected chi connectivity index (χ4v) is 3.71. The number of fused-ring (bicyclic) bond motifs is 1. The van der Waals surface area contributed by atoms with Gasteiger partial charge in [0.2, 0.25) is 0 Å². The molecule has 0 aromatic heterocycles. The van der Waals surface area contributed by atoms with Crippen molar-refractivity contribution < 1.29 is 0 Å². The Morgan fingerprint density at radius 2 is 1.67 bits per heavy atom. The maximum absolute atomic E-state index is 3.11. The third kappa shape index (κ3) is 1.44. The minimum absolute atomic E-state index is 0.473. The number of hydrogen-bond donors (Lipinski definition) is 0. The number of benzene rings is 2. The van der Waals surface area contributed by atoms with E-state index in [-0.39, 0.29) is 0 Å². The van der Waals surface area contributed by atoms with E-state index in [0.29, 0.717) is 13.1 Å². The zero-order chi connectivity index (χ0) is 8.39. The molecule has 1 radical (unpaired) electrons. The van der Waals surface area contributed by atoms with Crippen LogP contribution in [-0.2, 0) is 0 Å². The Balaban J connectivity index is 2.79. The molecule has 0 spiro atoms. The molecule has 0 saturated heterocycles. The Kier molecular flexibility index (Phi) is 2.53. The Hall–Kier alpha value is -0.261. The summed E-state index contributed by atoms with van der Waals surface area (Å²) < 4.78 is 1.44. The molecule has 0 bridgehead atoms. The van der Waals surface area contributed by atoms with Crippen LogP contribution in [0.2, 0.25) is 0 Å². The Labute approximate surface area is 84.9 Å². The van der Waals surface area contributed by atoms with Crippen molar-refractivity contribution in [3.05, 3.63) is 42.5 Å². The zero-order valence-corrected chi connectivity index (χ0v) is 9.78. The van der Waals surface area contributed by atoms with Gasteiger partial charge in [-0.2, -0.15) is 0 Å². The van der Waals surface area contributed by atoms with E-state index in [9.17, 15) is 0 Å². The van der Waals surface area contributed by atoms with Gasteiger partial charge in [-0.25, -0.2) is 0 Å². The van der Waals surface area contributed by atoms with Gasteiger partial charge in [-0.15, -0.1) is 0 Å². The van der Waals surface area contributed by atoms with Crippen molar-refractivity contribution in [2.24, 2.45) is 0 Å². The molecule has 0 heterocycles. The van der Waals surface area contributed by atoms with Crippen LogP contribution in [0.5, 0.6) is 0 Å². The van der Waals surface area contributed by atoms with Crippen molar-refractivity contribution in [2.75, 3.05) is 0 Å². The van der Waals surface area contributed by atoms with Gasteiger partial charge in [0.05, 0.1) is 0 Å². The van der Waals surface area contributed by atoms with Crippen molar-refractivity contribution in [1.82, 2.24) is 0 Å². The Morgan fingerprint density at radius 3 is 2.50 bits per heavy atom. The average Bonchev–Trinajstić information content (AvgIpc) is 2.17. The van der Waals surface area contributed by atoms with Gasteiger partial charge in [0.25, 0.3) is 0 Å². The second-order valence-corrected chi connectivity index (χ2v) is 5.65. The van der Waals surface area contributed by atoms with Crippen LogP contribution >= 0.6 is 0 Å². The number of rotatable bonds is 1. The van der Waals surface area contributed by atoms with E-state index in [1.165, 1.54) is 15.2 Å². The van der Waals surface area contributed by atoms with Crippen molar-refractivity contribution in [3.8, 4) is 0 Å². The Bertz CT molecular complexity index is 390. The normalized spacial score (nSPS) is 10.4. The molecular formula is C10H7Se2. The van der Waals surface area contributed by atoms with E-state index in [1.807, 2.05) is 0 Å². The second kappa shape index (κ2) is 3.64. The summed E-state index contributed by atoms with van der Waals surface area (Å²) in [6.45, 7) is 0. The molecule has 2 heteroatoms. The topological polar surface area (TPSA) is 0 Å². The van der Waals surface area contributed by atoms with Gasteiger partial charge in [-0.1, -0.05) is 0 Å². The van der Waals surface area contributed by atoms with Gasteiger partial charge < -0.3 is 0 Å². The molecule has 0 N–H and O–H groups in total. The van der Waals surface area contributed by atoms with Gasteiger partial charge in [-0.3, -0.25) is 0 Å². The van der Waals surface area contributed by atoms with Crippen LogP contribution in [-0.4, -0.2) is 27.3 Å². The molecule has 0 nitrogen and oxygen atoms in total. The molecular weight excluding hydrogens is 278 g/mol. The first-order chi connectivity index (χ1) is 5.92. The summed E-state index contributed by atoms with van der Waals surface area (Å²) in [6.07, 6.45) is 0. The molecule has 0 amide bonds. The average molecular weight is 285 g/mol. The number of hydrogen-bond acceptors (Lipinski definition) is 0. The molecule has 0 aliphatic rings. The SMILES string of the molecule is [Se][Se]c1cccc2ccccc12. The van der Waals surface area contributed by atoms with E-state index in [0.717, 1.165) is 0 Å². The van der Waals surface area contributed by atoms with Crippen molar-refractivity contribution in [1.29, 1.82) is 0 Å². The molecule has 0 fully saturated rings. The van der Waals surface area contributed by atoms with Crippen LogP contribution in [0.1, 0.15) is 0 Å². The van der Waals surface area contributed by atoms with Gasteiger partial charge >= 0.3 is 85.0 Å². The molecule has 0 aliphatic carbocycles. The maximum atomic E-state index is 3.11. The third-order valence-corrected chi connectivity index (χ3v) is 4.92. The zero-order valence-electron chi connectivity index (χ0n) is 6.36. The molecule has 59 valence electrons. The van der Waals surface area contributed by atoms with Crippen molar-refractivity contribution >= 4 is 42.6 Å². The molecule has 2 rings (SSSR count). The summed E-state index contributed by atoms with van der Waals surface area (Å²) in [5.41, 5.74) is 0. The van der Waals surface area contributed by atoms with Gasteiger partial charge in [0, 0.05) is 0 Å². The van der Waals surface area contributed by atoms with E-state index < -0.39 is 0 Å². The molecule has 12 heavy (non-hydrogen) atoms. The second-order valence-electron chi connectivity index (χ2n) is 2.56. The van der Waals surface area contributed by atoms with Crippen LogP contribution in [0.25, 0.3) is 10.8 Å². The summed E-state index contributed by atoms with van der Waals surface area (Å²) >= 11 is 3.59. The molecule has 0 aliphatic heterocycles. The van der Waals surface area contributed by atoms with Crippen LogP contribution in [0.4, 0.5) is 0 Å². The Morgan fingerprint density at radius 1 is 0.917 bits per heavy atom. The minimum atomic E-state index is 0.473. The van der Waals surface area contributed by atoms with Crippen LogP contribution < -0.4 is 4.46 Å². The van der Waals surface area contributed by atoms with Gasteiger partial charge in [0.1, 0.15) is 0 Å². The summed E-state index contributed by atoms with van der Waals surface area (Å²) in [7, 11) is 0. The monoisotopic (exact) mass is 287 g/mol. The van der Waals surface area contributed by atoms with Crippen molar-refractivity contribution in [2.45, 2.75) is 0 Å². The van der Waals surface area contributed by atoms with Gasteiger partial charge in [-0.05, 0) is 0 Å². The van der Waals surface area contributed by atoms with E-state index in [1.54, 1.807) is 0 Å². The first-order valence-electron chi connectivity index (χ1n) is 3.69. The van der Waals surface area contributed by atoms with Gasteiger partial charge in [0.15, 0.2) is 0 Å². The van der Waals surface area contributed by atoms with Crippen LogP contribution in [0.3, 0.4) is 0 Å². The predicted molar refractivity (Wildman–Crippen MR) is 55.1 cm³/mol. The quantitative estimate of drug-likeness (QED) is 0.692. The summed E-state index contributed by atoms with van der Waals surface area (Å²) in [5, 5.41) is 2.73.